The van der Waals surface area contributed by atoms with Crippen LogP contribution in [0.25, 0.3) is 0 Å². The van der Waals surface area contributed by atoms with E-state index in [2.05, 4.69) is 0 Å². The zero-order valence-electron chi connectivity index (χ0n) is 8.12. The molecule has 0 aromatic heterocycles. The van der Waals surface area contributed by atoms with E-state index in [4.69, 9.17) is 4.74 Å². The van der Waals surface area contributed by atoms with E-state index >= 15 is 0 Å². The molecule has 14 heavy (non-hydrogen) atoms. The Balaban J connectivity index is 2.00. The van der Waals surface area contributed by atoms with Crippen molar-refractivity contribution >= 4 is 0 Å². The highest BCUT2D eigenvalue weighted by Crippen LogP contribution is 2.47. The Labute approximate surface area is 83.5 Å². The van der Waals surface area contributed by atoms with Gasteiger partial charge in [-0.3, -0.25) is 0 Å². The van der Waals surface area contributed by atoms with Gasteiger partial charge in [0, 0.05) is 0 Å². The molecule has 0 saturated heterocycles. The Kier molecular flexibility index (Phi) is 1.55. The van der Waals surface area contributed by atoms with Gasteiger partial charge in [-0.2, -0.15) is 0 Å². The quantitative estimate of drug-likeness (QED) is 0.681. The van der Waals surface area contributed by atoms with Crippen molar-refractivity contribution in [2.75, 3.05) is 0 Å². The van der Waals surface area contributed by atoms with E-state index in [1.807, 2.05) is 12.1 Å². The number of aromatic hydroxyl groups is 1. The Morgan fingerprint density at radius 1 is 1.21 bits per heavy atom. The molecular weight excluding hydrogens is 176 g/mol. The number of phenolic OH excluding ortho intramolecular Hbond substituents is 1. The number of hydrogen-bond donors (Lipinski definition) is 1. The van der Waals surface area contributed by atoms with Crippen LogP contribution >= 0.6 is 0 Å². The first-order valence-corrected chi connectivity index (χ1v) is 5.29. The summed E-state index contributed by atoms with van der Waals surface area (Å²) >= 11 is 0. The van der Waals surface area contributed by atoms with E-state index in [9.17, 15) is 5.11 Å². The minimum atomic E-state index is 0.0752. The van der Waals surface area contributed by atoms with Crippen LogP contribution in [-0.4, -0.2) is 10.7 Å². The van der Waals surface area contributed by atoms with Gasteiger partial charge in [0.15, 0.2) is 11.5 Å². The largest absolute Gasteiger partial charge is 0.504 e. The topological polar surface area (TPSA) is 29.5 Å². The van der Waals surface area contributed by atoms with Crippen molar-refractivity contribution in [2.45, 2.75) is 37.7 Å². The van der Waals surface area contributed by atoms with Gasteiger partial charge in [0.1, 0.15) is 5.60 Å². The lowest BCUT2D eigenvalue weighted by Gasteiger charge is -2.45. The Morgan fingerprint density at radius 2 is 2.07 bits per heavy atom. The van der Waals surface area contributed by atoms with Gasteiger partial charge in [-0.15, -0.1) is 0 Å². The molecule has 1 fully saturated rings. The Bertz CT molecular complexity index is 367. The van der Waals surface area contributed by atoms with Gasteiger partial charge in [0.2, 0.25) is 0 Å². The molecule has 74 valence electrons. The maximum absolute atomic E-state index is 9.68. The van der Waals surface area contributed by atoms with Gasteiger partial charge in [-0.05, 0) is 43.7 Å². The first kappa shape index (κ1) is 8.16. The summed E-state index contributed by atoms with van der Waals surface area (Å²) in [5.74, 6) is 1.03. The lowest BCUT2D eigenvalue weighted by Crippen LogP contribution is -2.45. The number of aryl methyl sites for hydroxylation is 1. The van der Waals surface area contributed by atoms with E-state index in [-0.39, 0.29) is 5.60 Å². The van der Waals surface area contributed by atoms with Crippen molar-refractivity contribution in [2.24, 2.45) is 0 Å². The molecule has 0 amide bonds. The van der Waals surface area contributed by atoms with Crippen LogP contribution < -0.4 is 4.74 Å². The fourth-order valence-electron chi connectivity index (χ4n) is 2.44. The van der Waals surface area contributed by atoms with Crippen LogP contribution in [0.15, 0.2) is 18.2 Å². The minimum absolute atomic E-state index is 0.0752. The van der Waals surface area contributed by atoms with Crippen molar-refractivity contribution in [3.8, 4) is 11.5 Å². The van der Waals surface area contributed by atoms with Crippen LogP contribution in [0.5, 0.6) is 11.5 Å². The lowest BCUT2D eigenvalue weighted by molar-refractivity contribution is -0.0268. The number of rotatable bonds is 0. The van der Waals surface area contributed by atoms with Gasteiger partial charge in [0.05, 0.1) is 0 Å². The zero-order chi connectivity index (χ0) is 9.60. The fraction of sp³-hybridized carbons (Fsp3) is 0.500. The third-order valence-corrected chi connectivity index (χ3v) is 3.51. The third-order valence-electron chi connectivity index (χ3n) is 3.51. The molecule has 2 nitrogen and oxygen atoms in total. The number of hydrogen-bond acceptors (Lipinski definition) is 2. The van der Waals surface area contributed by atoms with Gasteiger partial charge >= 0.3 is 0 Å². The van der Waals surface area contributed by atoms with Gasteiger partial charge in [0.25, 0.3) is 0 Å². The van der Waals surface area contributed by atoms with E-state index in [1.165, 1.54) is 6.42 Å². The summed E-state index contributed by atoms with van der Waals surface area (Å²) in [4.78, 5) is 0. The summed E-state index contributed by atoms with van der Waals surface area (Å²) < 4.78 is 5.94. The van der Waals surface area contributed by atoms with Crippen LogP contribution in [0.3, 0.4) is 0 Å². The van der Waals surface area contributed by atoms with Gasteiger partial charge in [-0.1, -0.05) is 12.1 Å². The molecule has 1 saturated carbocycles. The highest BCUT2D eigenvalue weighted by molar-refractivity contribution is 5.47. The number of ether oxygens (including phenoxy) is 1. The summed E-state index contributed by atoms with van der Waals surface area (Å²) in [6.45, 7) is 0. The van der Waals surface area contributed by atoms with E-state index in [0.29, 0.717) is 5.75 Å². The third kappa shape index (κ3) is 1.03. The molecule has 1 aromatic rings. The maximum atomic E-state index is 9.68. The van der Waals surface area contributed by atoms with Crippen molar-refractivity contribution in [3.63, 3.8) is 0 Å². The fourth-order valence-corrected chi connectivity index (χ4v) is 2.44. The molecule has 3 rings (SSSR count). The van der Waals surface area contributed by atoms with Crippen LogP contribution in [0.1, 0.15) is 31.2 Å². The molecule has 1 aliphatic carbocycles. The molecule has 1 spiro atoms. The average molecular weight is 190 g/mol. The highest BCUT2D eigenvalue weighted by Gasteiger charge is 2.42. The number of para-hydroxylation sites is 1. The molecule has 2 aliphatic rings. The lowest BCUT2D eigenvalue weighted by atomic mass is 9.74. The first-order chi connectivity index (χ1) is 6.79. The van der Waals surface area contributed by atoms with Gasteiger partial charge in [-0.25, -0.2) is 0 Å². The molecule has 0 radical (unpaired) electrons. The molecule has 1 aromatic carbocycles. The summed E-state index contributed by atoms with van der Waals surface area (Å²) in [5.41, 5.74) is 1.23. The highest BCUT2D eigenvalue weighted by atomic mass is 16.5. The van der Waals surface area contributed by atoms with Crippen molar-refractivity contribution in [1.29, 1.82) is 0 Å². The summed E-state index contributed by atoms with van der Waals surface area (Å²) in [5, 5.41) is 9.68. The van der Waals surface area contributed by atoms with Crippen LogP contribution in [0, 0.1) is 0 Å². The summed E-state index contributed by atoms with van der Waals surface area (Å²) in [7, 11) is 0. The summed E-state index contributed by atoms with van der Waals surface area (Å²) in [6.07, 6.45) is 5.73. The van der Waals surface area contributed by atoms with E-state index in [1.54, 1.807) is 6.07 Å². The Morgan fingerprint density at radius 3 is 2.79 bits per heavy atom. The van der Waals surface area contributed by atoms with E-state index < -0.39 is 0 Å². The van der Waals surface area contributed by atoms with E-state index in [0.717, 1.165) is 37.0 Å². The smallest absolute Gasteiger partial charge is 0.164 e. The van der Waals surface area contributed by atoms with Crippen molar-refractivity contribution in [3.05, 3.63) is 23.8 Å². The minimum Gasteiger partial charge on any atom is -0.504 e. The normalized spacial score (nSPS) is 22.3. The standard InChI is InChI=1S/C12H14O2/c13-10-4-1-3-9-5-8-12(6-2-7-12)14-11(9)10/h1,3-4,13H,2,5-8H2. The molecule has 1 N–H and O–H groups in total. The Hall–Kier alpha value is -1.18. The zero-order valence-corrected chi connectivity index (χ0v) is 8.12. The van der Waals surface area contributed by atoms with Crippen LogP contribution in [-0.2, 0) is 6.42 Å². The SMILES string of the molecule is Oc1cccc2c1OC1(CCC1)CC2. The average Bonchev–Trinajstić information content (AvgIpc) is 2.16. The van der Waals surface area contributed by atoms with Crippen LogP contribution in [0.2, 0.25) is 0 Å². The molecule has 1 aliphatic heterocycles. The van der Waals surface area contributed by atoms with Crippen molar-refractivity contribution in [1.82, 2.24) is 0 Å². The molecular formula is C12H14O2. The van der Waals surface area contributed by atoms with Crippen LogP contribution in [0.4, 0.5) is 0 Å². The molecule has 0 bridgehead atoms. The molecule has 0 unspecified atom stereocenters. The predicted molar refractivity (Wildman–Crippen MR) is 53.6 cm³/mol. The number of phenols is 1. The molecule has 0 atom stereocenters. The monoisotopic (exact) mass is 190 g/mol. The van der Waals surface area contributed by atoms with Crippen molar-refractivity contribution < 1.29 is 9.84 Å². The first-order valence-electron chi connectivity index (χ1n) is 5.29. The predicted octanol–water partition coefficient (Wildman–Crippen LogP) is 2.64. The second-order valence-electron chi connectivity index (χ2n) is 4.40. The second-order valence-corrected chi connectivity index (χ2v) is 4.40. The second kappa shape index (κ2) is 2.66. The number of benzene rings is 1. The molecule has 1 heterocycles. The number of fused-ring (bicyclic) bond motifs is 1. The summed E-state index contributed by atoms with van der Waals surface area (Å²) in [6, 6.07) is 5.63. The maximum Gasteiger partial charge on any atom is 0.164 e. The van der Waals surface area contributed by atoms with Gasteiger partial charge < -0.3 is 9.84 Å². The molecule has 2 heteroatoms.